The Bertz CT molecular complexity index is 616. The van der Waals surface area contributed by atoms with E-state index in [0.717, 1.165) is 30.3 Å². The first-order chi connectivity index (χ1) is 10.1. The molecule has 1 aromatic heterocycles. The Hall–Kier alpha value is -2.04. The molecule has 0 saturated carbocycles. The van der Waals surface area contributed by atoms with Crippen LogP contribution in [0.1, 0.15) is 44.1 Å². The highest BCUT2D eigenvalue weighted by atomic mass is 16.2. The summed E-state index contributed by atoms with van der Waals surface area (Å²) in [5.74, 6) is 0.505. The summed E-state index contributed by atoms with van der Waals surface area (Å²) in [7, 11) is 0. The Morgan fingerprint density at radius 1 is 1.33 bits per heavy atom. The number of anilines is 1. The van der Waals surface area contributed by atoms with Gasteiger partial charge < -0.3 is 10.6 Å². The van der Waals surface area contributed by atoms with Crippen LogP contribution in [0.25, 0.3) is 10.9 Å². The molecule has 0 saturated heterocycles. The van der Waals surface area contributed by atoms with E-state index in [1.54, 1.807) is 12.1 Å². The first kappa shape index (κ1) is 15.4. The minimum absolute atomic E-state index is 0.0266. The van der Waals surface area contributed by atoms with Crippen molar-refractivity contribution >= 4 is 22.5 Å². The fraction of sp³-hybridized carbons (Fsp3) is 0.500. The molecule has 0 aliphatic rings. The van der Waals surface area contributed by atoms with Crippen molar-refractivity contribution in [2.45, 2.75) is 33.6 Å². The van der Waals surface area contributed by atoms with E-state index in [0.29, 0.717) is 23.8 Å². The largest absolute Gasteiger partial charge is 0.399 e. The quantitative estimate of drug-likeness (QED) is 0.802. The van der Waals surface area contributed by atoms with Crippen LogP contribution in [0.5, 0.6) is 0 Å². The molecule has 0 bridgehead atoms. The number of benzene rings is 1. The summed E-state index contributed by atoms with van der Waals surface area (Å²) >= 11 is 0. The number of nitrogens with one attached hydrogen (secondary N) is 1. The van der Waals surface area contributed by atoms with Crippen LogP contribution >= 0.6 is 0 Å². The molecule has 0 unspecified atom stereocenters. The molecule has 2 aromatic rings. The number of nitrogens with two attached hydrogens (primary N) is 1. The SMILES string of the molecule is CCC(CC)CN(CC)C(=O)c1n[nH]c2ccc(N)cc12. The lowest BCUT2D eigenvalue weighted by atomic mass is 10.0. The second-order valence-electron chi connectivity index (χ2n) is 5.40. The maximum Gasteiger partial charge on any atom is 0.274 e. The molecule has 0 fully saturated rings. The lowest BCUT2D eigenvalue weighted by Crippen LogP contribution is -2.35. The third kappa shape index (κ3) is 3.17. The van der Waals surface area contributed by atoms with Crippen LogP contribution in [0.15, 0.2) is 18.2 Å². The van der Waals surface area contributed by atoms with E-state index in [1.807, 2.05) is 17.9 Å². The number of fused-ring (bicyclic) bond motifs is 1. The highest BCUT2D eigenvalue weighted by Gasteiger charge is 2.21. The van der Waals surface area contributed by atoms with Crippen molar-refractivity contribution in [1.82, 2.24) is 15.1 Å². The first-order valence-corrected chi connectivity index (χ1v) is 7.63. The van der Waals surface area contributed by atoms with Crippen LogP contribution in [0.4, 0.5) is 5.69 Å². The molecule has 5 heteroatoms. The Kier molecular flexibility index (Phi) is 4.83. The molecule has 0 aliphatic carbocycles. The zero-order valence-corrected chi connectivity index (χ0v) is 13.0. The number of carbonyl (C=O) groups excluding carboxylic acids is 1. The van der Waals surface area contributed by atoms with Crippen molar-refractivity contribution in [2.24, 2.45) is 5.92 Å². The lowest BCUT2D eigenvalue weighted by Gasteiger charge is -2.24. The smallest absolute Gasteiger partial charge is 0.274 e. The van der Waals surface area contributed by atoms with Crippen LogP contribution in [0.2, 0.25) is 0 Å². The van der Waals surface area contributed by atoms with E-state index in [9.17, 15) is 4.79 Å². The maximum atomic E-state index is 12.7. The summed E-state index contributed by atoms with van der Waals surface area (Å²) < 4.78 is 0. The van der Waals surface area contributed by atoms with Gasteiger partial charge in [-0.3, -0.25) is 9.89 Å². The van der Waals surface area contributed by atoms with E-state index in [-0.39, 0.29) is 5.91 Å². The van der Waals surface area contributed by atoms with Gasteiger partial charge in [0.25, 0.3) is 5.91 Å². The van der Waals surface area contributed by atoms with Crippen molar-refractivity contribution in [3.05, 3.63) is 23.9 Å². The second-order valence-corrected chi connectivity index (χ2v) is 5.40. The maximum absolute atomic E-state index is 12.7. The van der Waals surface area contributed by atoms with Gasteiger partial charge in [-0.05, 0) is 31.0 Å². The zero-order chi connectivity index (χ0) is 15.4. The number of H-pyrrole nitrogens is 1. The number of hydrogen-bond donors (Lipinski definition) is 2. The standard InChI is InChI=1S/C16H24N4O/c1-4-11(5-2)10-20(6-3)16(21)15-13-9-12(17)7-8-14(13)18-19-15/h7-9,11H,4-6,10,17H2,1-3H3,(H,18,19). The van der Waals surface area contributed by atoms with Gasteiger partial charge in [0.05, 0.1) is 5.52 Å². The summed E-state index contributed by atoms with van der Waals surface area (Å²) in [6.07, 6.45) is 2.16. The van der Waals surface area contributed by atoms with Gasteiger partial charge in [0.15, 0.2) is 5.69 Å². The second kappa shape index (κ2) is 6.61. The molecule has 0 atom stereocenters. The highest BCUT2D eigenvalue weighted by Crippen LogP contribution is 2.21. The summed E-state index contributed by atoms with van der Waals surface area (Å²) in [5.41, 5.74) is 7.76. The summed E-state index contributed by atoms with van der Waals surface area (Å²) in [6, 6.07) is 5.46. The van der Waals surface area contributed by atoms with Crippen molar-refractivity contribution in [3.8, 4) is 0 Å². The average molecular weight is 288 g/mol. The Balaban J connectivity index is 2.29. The molecular weight excluding hydrogens is 264 g/mol. The summed E-state index contributed by atoms with van der Waals surface area (Å²) in [6.45, 7) is 7.79. The average Bonchev–Trinajstić information content (AvgIpc) is 2.91. The molecule has 1 amide bonds. The molecule has 0 aliphatic heterocycles. The third-order valence-electron chi connectivity index (χ3n) is 4.09. The third-order valence-corrected chi connectivity index (χ3v) is 4.09. The summed E-state index contributed by atoms with van der Waals surface area (Å²) in [5, 5.41) is 7.89. The molecule has 114 valence electrons. The van der Waals surface area contributed by atoms with Crippen LogP contribution < -0.4 is 5.73 Å². The number of nitrogen functional groups attached to an aromatic ring is 1. The van der Waals surface area contributed by atoms with Gasteiger partial charge in [-0.15, -0.1) is 0 Å². The fourth-order valence-electron chi connectivity index (χ4n) is 2.56. The van der Waals surface area contributed by atoms with E-state index in [1.165, 1.54) is 0 Å². The predicted molar refractivity (Wildman–Crippen MR) is 86.2 cm³/mol. The van der Waals surface area contributed by atoms with Crippen molar-refractivity contribution in [1.29, 1.82) is 0 Å². The number of carbonyl (C=O) groups is 1. The van der Waals surface area contributed by atoms with E-state index >= 15 is 0 Å². The van der Waals surface area contributed by atoms with Crippen LogP contribution in [-0.4, -0.2) is 34.1 Å². The van der Waals surface area contributed by atoms with Gasteiger partial charge in [-0.2, -0.15) is 5.10 Å². The molecule has 1 heterocycles. The number of aromatic nitrogens is 2. The first-order valence-electron chi connectivity index (χ1n) is 7.63. The van der Waals surface area contributed by atoms with Gasteiger partial charge in [0, 0.05) is 24.2 Å². The minimum Gasteiger partial charge on any atom is -0.399 e. The normalized spacial score (nSPS) is 11.2. The van der Waals surface area contributed by atoms with E-state index < -0.39 is 0 Å². The number of amides is 1. The summed E-state index contributed by atoms with van der Waals surface area (Å²) in [4.78, 5) is 14.6. The van der Waals surface area contributed by atoms with Gasteiger partial charge in [0.2, 0.25) is 0 Å². The molecule has 1 aromatic carbocycles. The van der Waals surface area contributed by atoms with Gasteiger partial charge in [-0.25, -0.2) is 0 Å². The number of aromatic amines is 1. The van der Waals surface area contributed by atoms with E-state index in [2.05, 4.69) is 24.0 Å². The Labute approximate surface area is 125 Å². The van der Waals surface area contributed by atoms with Crippen LogP contribution in [-0.2, 0) is 0 Å². The molecule has 3 N–H and O–H groups in total. The minimum atomic E-state index is -0.0266. The molecule has 0 spiro atoms. The number of nitrogens with zero attached hydrogens (tertiary/aromatic N) is 2. The van der Waals surface area contributed by atoms with Gasteiger partial charge in [0.1, 0.15) is 0 Å². The Morgan fingerprint density at radius 2 is 2.05 bits per heavy atom. The highest BCUT2D eigenvalue weighted by molar-refractivity contribution is 6.05. The van der Waals surface area contributed by atoms with Crippen molar-refractivity contribution in [3.63, 3.8) is 0 Å². The fourth-order valence-corrected chi connectivity index (χ4v) is 2.56. The molecule has 2 rings (SSSR count). The van der Waals surface area contributed by atoms with E-state index in [4.69, 9.17) is 5.73 Å². The van der Waals surface area contributed by atoms with Crippen molar-refractivity contribution in [2.75, 3.05) is 18.8 Å². The monoisotopic (exact) mass is 288 g/mol. The predicted octanol–water partition coefficient (Wildman–Crippen LogP) is 3.04. The Morgan fingerprint density at radius 3 is 2.67 bits per heavy atom. The van der Waals surface area contributed by atoms with Crippen LogP contribution in [0, 0.1) is 5.92 Å². The van der Waals surface area contributed by atoms with Crippen LogP contribution in [0.3, 0.4) is 0 Å². The van der Waals surface area contributed by atoms with Crippen molar-refractivity contribution < 1.29 is 4.79 Å². The van der Waals surface area contributed by atoms with Gasteiger partial charge >= 0.3 is 0 Å². The molecular formula is C16H24N4O. The molecule has 0 radical (unpaired) electrons. The zero-order valence-electron chi connectivity index (χ0n) is 13.0. The topological polar surface area (TPSA) is 75.0 Å². The number of hydrogen-bond acceptors (Lipinski definition) is 3. The van der Waals surface area contributed by atoms with Gasteiger partial charge in [-0.1, -0.05) is 26.7 Å². The molecule has 21 heavy (non-hydrogen) atoms. The number of rotatable bonds is 6. The lowest BCUT2D eigenvalue weighted by molar-refractivity contribution is 0.0731. The molecule has 5 nitrogen and oxygen atoms in total.